The van der Waals surface area contributed by atoms with E-state index in [-0.39, 0.29) is 0 Å². The number of piperidine rings is 1. The minimum atomic E-state index is 0.804. The topological polar surface area (TPSA) is 15.3 Å². The van der Waals surface area contributed by atoms with E-state index in [1.54, 1.807) is 0 Å². The Bertz CT molecular complexity index is 211. The van der Waals surface area contributed by atoms with Crippen LogP contribution in [0.2, 0.25) is 0 Å². The Morgan fingerprint density at radius 3 is 2.53 bits per heavy atom. The summed E-state index contributed by atoms with van der Waals surface area (Å²) in [6.45, 7) is 10.00. The first-order valence-electron chi connectivity index (χ1n) is 7.71. The minimum Gasteiger partial charge on any atom is -0.313 e. The van der Waals surface area contributed by atoms with Crippen molar-refractivity contribution in [3.05, 3.63) is 0 Å². The second kappa shape index (κ2) is 6.75. The zero-order chi connectivity index (χ0) is 12.1. The van der Waals surface area contributed by atoms with Gasteiger partial charge in [-0.3, -0.25) is 0 Å². The molecule has 1 saturated heterocycles. The highest BCUT2D eigenvalue weighted by molar-refractivity contribution is 4.81. The molecular formula is C15H30N2. The molecule has 0 radical (unpaired) electrons. The maximum atomic E-state index is 3.79. The average molecular weight is 238 g/mol. The van der Waals surface area contributed by atoms with Crippen molar-refractivity contribution < 1.29 is 0 Å². The Morgan fingerprint density at radius 2 is 1.88 bits per heavy atom. The molecule has 2 heteroatoms. The van der Waals surface area contributed by atoms with E-state index in [1.807, 2.05) is 0 Å². The van der Waals surface area contributed by atoms with E-state index in [2.05, 4.69) is 24.1 Å². The molecule has 17 heavy (non-hydrogen) atoms. The summed E-state index contributed by atoms with van der Waals surface area (Å²) in [7, 11) is 0. The lowest BCUT2D eigenvalue weighted by Crippen LogP contribution is -2.40. The van der Waals surface area contributed by atoms with Gasteiger partial charge in [-0.05, 0) is 57.2 Å². The van der Waals surface area contributed by atoms with Gasteiger partial charge in [-0.1, -0.05) is 26.7 Å². The summed E-state index contributed by atoms with van der Waals surface area (Å²) >= 11 is 0. The second-order valence-corrected chi connectivity index (χ2v) is 6.39. The van der Waals surface area contributed by atoms with Gasteiger partial charge in [-0.15, -0.1) is 0 Å². The first-order chi connectivity index (χ1) is 8.25. The molecule has 2 rings (SSSR count). The largest absolute Gasteiger partial charge is 0.313 e. The van der Waals surface area contributed by atoms with Crippen LogP contribution in [0.1, 0.15) is 52.4 Å². The highest BCUT2D eigenvalue weighted by atomic mass is 15.1. The van der Waals surface area contributed by atoms with Gasteiger partial charge in [-0.25, -0.2) is 0 Å². The molecule has 0 aromatic rings. The maximum absolute atomic E-state index is 3.79. The third-order valence-corrected chi connectivity index (χ3v) is 4.61. The molecule has 100 valence electrons. The van der Waals surface area contributed by atoms with Crippen molar-refractivity contribution in [3.8, 4) is 0 Å². The van der Waals surface area contributed by atoms with E-state index in [4.69, 9.17) is 0 Å². The van der Waals surface area contributed by atoms with Gasteiger partial charge < -0.3 is 10.2 Å². The van der Waals surface area contributed by atoms with Gasteiger partial charge in [0, 0.05) is 12.6 Å². The number of rotatable bonds is 5. The predicted molar refractivity (Wildman–Crippen MR) is 74.3 cm³/mol. The third kappa shape index (κ3) is 4.26. The normalized spacial score (nSPS) is 32.8. The summed E-state index contributed by atoms with van der Waals surface area (Å²) < 4.78 is 0. The summed E-state index contributed by atoms with van der Waals surface area (Å²) in [6.07, 6.45) is 8.54. The molecule has 2 nitrogen and oxygen atoms in total. The van der Waals surface area contributed by atoms with Crippen LogP contribution >= 0.6 is 0 Å². The lowest BCUT2D eigenvalue weighted by molar-refractivity contribution is 0.196. The second-order valence-electron chi connectivity index (χ2n) is 6.39. The summed E-state index contributed by atoms with van der Waals surface area (Å²) in [6, 6.07) is 0.804. The van der Waals surface area contributed by atoms with Crippen LogP contribution in [-0.2, 0) is 0 Å². The van der Waals surface area contributed by atoms with Gasteiger partial charge in [0.25, 0.3) is 0 Å². The van der Waals surface area contributed by atoms with Gasteiger partial charge in [0.2, 0.25) is 0 Å². The molecule has 0 aromatic carbocycles. The van der Waals surface area contributed by atoms with Crippen LogP contribution in [0.3, 0.4) is 0 Å². The Labute approximate surface area is 107 Å². The highest BCUT2D eigenvalue weighted by Crippen LogP contribution is 2.24. The fraction of sp³-hybridized carbons (Fsp3) is 1.00. The summed E-state index contributed by atoms with van der Waals surface area (Å²) in [5.74, 6) is 1.71. The number of hydrogen-bond donors (Lipinski definition) is 1. The molecule has 0 amide bonds. The zero-order valence-corrected chi connectivity index (χ0v) is 11.8. The van der Waals surface area contributed by atoms with Gasteiger partial charge in [0.15, 0.2) is 0 Å². The first kappa shape index (κ1) is 13.4. The molecule has 1 saturated carbocycles. The standard InChI is InChI=1S/C15H30N2/c1-13(12-17-9-4-3-5-10-17)11-16-15-8-6-7-14(15)2/h13-16H,3-12H2,1-2H3. The minimum absolute atomic E-state index is 0.804. The van der Waals surface area contributed by atoms with Crippen LogP contribution in [0.15, 0.2) is 0 Å². The number of nitrogens with zero attached hydrogens (tertiary/aromatic N) is 1. The lowest BCUT2D eigenvalue weighted by Gasteiger charge is -2.30. The van der Waals surface area contributed by atoms with E-state index < -0.39 is 0 Å². The molecule has 2 aliphatic rings. The molecule has 2 fully saturated rings. The van der Waals surface area contributed by atoms with E-state index in [0.29, 0.717) is 0 Å². The number of likely N-dealkylation sites (tertiary alicyclic amines) is 1. The maximum Gasteiger partial charge on any atom is 0.00928 e. The van der Waals surface area contributed by atoms with Crippen molar-refractivity contribution in [3.63, 3.8) is 0 Å². The highest BCUT2D eigenvalue weighted by Gasteiger charge is 2.23. The van der Waals surface area contributed by atoms with E-state index in [1.165, 1.54) is 64.7 Å². The molecule has 1 heterocycles. The number of hydrogen-bond acceptors (Lipinski definition) is 2. The average Bonchev–Trinajstić information content (AvgIpc) is 2.74. The van der Waals surface area contributed by atoms with Crippen molar-refractivity contribution in [2.75, 3.05) is 26.2 Å². The van der Waals surface area contributed by atoms with E-state index >= 15 is 0 Å². The molecule has 1 aliphatic heterocycles. The van der Waals surface area contributed by atoms with Crippen molar-refractivity contribution in [2.45, 2.75) is 58.4 Å². The van der Waals surface area contributed by atoms with Crippen molar-refractivity contribution in [2.24, 2.45) is 11.8 Å². The Morgan fingerprint density at radius 1 is 1.12 bits per heavy atom. The van der Waals surface area contributed by atoms with Gasteiger partial charge in [0.05, 0.1) is 0 Å². The van der Waals surface area contributed by atoms with Gasteiger partial charge >= 0.3 is 0 Å². The van der Waals surface area contributed by atoms with Gasteiger partial charge in [-0.2, -0.15) is 0 Å². The van der Waals surface area contributed by atoms with Crippen molar-refractivity contribution >= 4 is 0 Å². The van der Waals surface area contributed by atoms with E-state index in [9.17, 15) is 0 Å². The molecule has 0 bridgehead atoms. The van der Waals surface area contributed by atoms with Crippen LogP contribution < -0.4 is 5.32 Å². The van der Waals surface area contributed by atoms with Crippen molar-refractivity contribution in [1.29, 1.82) is 0 Å². The third-order valence-electron chi connectivity index (χ3n) is 4.61. The number of nitrogens with one attached hydrogen (secondary N) is 1. The molecule has 3 atom stereocenters. The van der Waals surface area contributed by atoms with Crippen LogP contribution in [0.25, 0.3) is 0 Å². The molecule has 0 aromatic heterocycles. The Hall–Kier alpha value is -0.0800. The fourth-order valence-corrected chi connectivity index (χ4v) is 3.45. The van der Waals surface area contributed by atoms with Crippen LogP contribution in [0, 0.1) is 11.8 Å². The molecule has 1 aliphatic carbocycles. The van der Waals surface area contributed by atoms with Crippen molar-refractivity contribution in [1.82, 2.24) is 10.2 Å². The fourth-order valence-electron chi connectivity index (χ4n) is 3.45. The lowest BCUT2D eigenvalue weighted by atomic mass is 10.0. The predicted octanol–water partition coefficient (Wildman–Crippen LogP) is 2.89. The summed E-state index contributed by atoms with van der Waals surface area (Å²) in [5, 5.41) is 3.79. The smallest absolute Gasteiger partial charge is 0.00928 e. The van der Waals surface area contributed by atoms with Crippen LogP contribution in [0.4, 0.5) is 0 Å². The molecular weight excluding hydrogens is 208 g/mol. The molecule has 0 spiro atoms. The van der Waals surface area contributed by atoms with E-state index in [0.717, 1.165) is 17.9 Å². The molecule has 3 unspecified atom stereocenters. The zero-order valence-electron chi connectivity index (χ0n) is 11.8. The summed E-state index contributed by atoms with van der Waals surface area (Å²) in [4.78, 5) is 2.66. The monoisotopic (exact) mass is 238 g/mol. The van der Waals surface area contributed by atoms with Crippen LogP contribution in [-0.4, -0.2) is 37.1 Å². The van der Waals surface area contributed by atoms with Gasteiger partial charge in [0.1, 0.15) is 0 Å². The Balaban J connectivity index is 1.61. The SMILES string of the molecule is CC(CNC1CCCC1C)CN1CCCCC1. The quantitative estimate of drug-likeness (QED) is 0.792. The Kier molecular flexibility index (Phi) is 5.30. The molecule has 1 N–H and O–H groups in total. The summed E-state index contributed by atoms with van der Waals surface area (Å²) in [5.41, 5.74) is 0. The van der Waals surface area contributed by atoms with Crippen LogP contribution in [0.5, 0.6) is 0 Å². The first-order valence-corrected chi connectivity index (χ1v) is 7.71.